The van der Waals surface area contributed by atoms with Crippen LogP contribution in [0.4, 0.5) is 5.82 Å². The highest BCUT2D eigenvalue weighted by Crippen LogP contribution is 2.25. The number of fused-ring (bicyclic) bond motifs is 1. The number of rotatable bonds is 8. The molecule has 0 aliphatic rings. The number of nitrogens with zero attached hydrogens (tertiary/aromatic N) is 3. The smallest absolute Gasteiger partial charge is 0.263 e. The molecule has 0 atom stereocenters. The topological polar surface area (TPSA) is 111 Å². The van der Waals surface area contributed by atoms with Crippen LogP contribution in [-0.4, -0.2) is 34.2 Å². The van der Waals surface area contributed by atoms with Gasteiger partial charge in [-0.05, 0) is 59.7 Å². The van der Waals surface area contributed by atoms with Crippen LogP contribution in [0.5, 0.6) is 11.6 Å². The average molecular weight is 493 g/mol. The number of thioether (sulfide) groups is 1. The van der Waals surface area contributed by atoms with Crippen LogP contribution in [0.1, 0.15) is 12.5 Å². The Balaban J connectivity index is 1.48. The highest BCUT2D eigenvalue weighted by molar-refractivity contribution is 8.13. The second-order valence-electron chi connectivity index (χ2n) is 7.22. The lowest BCUT2D eigenvalue weighted by Gasteiger charge is -2.10. The number of carbonyl (C=O) groups excluding carboxylic acids is 1. The Hall–Kier alpha value is -3.76. The summed E-state index contributed by atoms with van der Waals surface area (Å²) in [6, 6.07) is 14.8. The van der Waals surface area contributed by atoms with Crippen molar-refractivity contribution in [1.29, 1.82) is 0 Å². The molecule has 0 saturated carbocycles. The third kappa shape index (κ3) is 5.77. The number of sulfonamides is 1. The monoisotopic (exact) mass is 492 g/mol. The quantitative estimate of drug-likeness (QED) is 0.369. The molecule has 172 valence electrons. The van der Waals surface area contributed by atoms with E-state index < -0.39 is 10.0 Å². The van der Waals surface area contributed by atoms with Gasteiger partial charge in [0.2, 0.25) is 5.88 Å². The number of carbonyl (C=O) groups is 1. The maximum absolute atomic E-state index is 12.9. The largest absolute Gasteiger partial charge is 0.437 e. The number of pyridine rings is 3. The Kier molecular flexibility index (Phi) is 6.90. The van der Waals surface area contributed by atoms with Crippen molar-refractivity contribution in [2.45, 2.75) is 11.8 Å². The van der Waals surface area contributed by atoms with Gasteiger partial charge in [0.05, 0.1) is 16.6 Å². The van der Waals surface area contributed by atoms with Gasteiger partial charge in [-0.1, -0.05) is 18.3 Å². The van der Waals surface area contributed by atoms with Crippen LogP contribution in [0, 0.1) is 0 Å². The predicted molar refractivity (Wildman–Crippen MR) is 133 cm³/mol. The molecule has 3 heterocycles. The van der Waals surface area contributed by atoms with Gasteiger partial charge in [-0.25, -0.2) is 18.4 Å². The van der Waals surface area contributed by atoms with Crippen molar-refractivity contribution in [3.8, 4) is 11.6 Å². The van der Waals surface area contributed by atoms with Gasteiger partial charge in [-0.3, -0.25) is 14.5 Å². The summed E-state index contributed by atoms with van der Waals surface area (Å²) >= 11 is 1.15. The molecule has 34 heavy (non-hydrogen) atoms. The highest BCUT2D eigenvalue weighted by atomic mass is 32.2. The summed E-state index contributed by atoms with van der Waals surface area (Å²) in [6.07, 6.45) is 4.75. The fraction of sp³-hybridized carbons (Fsp3) is 0.0833. The summed E-state index contributed by atoms with van der Waals surface area (Å²) in [6.45, 7) is 5.43. The van der Waals surface area contributed by atoms with Crippen LogP contribution in [-0.2, 0) is 14.8 Å². The number of hydrogen-bond donors (Lipinski definition) is 1. The first-order chi connectivity index (χ1) is 16.3. The molecule has 1 N–H and O–H groups in total. The molecule has 0 amide bonds. The zero-order chi connectivity index (χ0) is 24.1. The number of aromatic nitrogens is 3. The number of benzene rings is 1. The first kappa shape index (κ1) is 23.4. The van der Waals surface area contributed by atoms with Crippen LogP contribution in [0.2, 0.25) is 0 Å². The van der Waals surface area contributed by atoms with Gasteiger partial charge in [0.1, 0.15) is 11.6 Å². The summed E-state index contributed by atoms with van der Waals surface area (Å²) in [5.74, 6) is 1.55. The van der Waals surface area contributed by atoms with E-state index in [1.165, 1.54) is 25.3 Å². The molecule has 10 heteroatoms. The van der Waals surface area contributed by atoms with Crippen molar-refractivity contribution >= 4 is 49.2 Å². The molecule has 1 aromatic carbocycles. The van der Waals surface area contributed by atoms with E-state index in [0.717, 1.165) is 22.9 Å². The van der Waals surface area contributed by atoms with Crippen LogP contribution < -0.4 is 9.46 Å². The Labute approximate surface area is 201 Å². The molecule has 4 rings (SSSR count). The Morgan fingerprint density at radius 2 is 1.97 bits per heavy atom. The second kappa shape index (κ2) is 10.0. The molecule has 4 aromatic rings. The van der Waals surface area contributed by atoms with E-state index >= 15 is 0 Å². The fourth-order valence-electron chi connectivity index (χ4n) is 2.97. The molecule has 0 aliphatic carbocycles. The van der Waals surface area contributed by atoms with Crippen LogP contribution in [0.3, 0.4) is 0 Å². The molecule has 0 radical (unpaired) electrons. The van der Waals surface area contributed by atoms with Gasteiger partial charge in [-0.15, -0.1) is 0 Å². The van der Waals surface area contributed by atoms with Crippen LogP contribution in [0.25, 0.3) is 16.5 Å². The first-order valence-electron chi connectivity index (χ1n) is 10.1. The van der Waals surface area contributed by atoms with Crippen LogP contribution in [0.15, 0.2) is 84.7 Å². The van der Waals surface area contributed by atoms with Crippen molar-refractivity contribution < 1.29 is 17.9 Å². The molecule has 0 fully saturated rings. The van der Waals surface area contributed by atoms with E-state index in [2.05, 4.69) is 26.3 Å². The summed E-state index contributed by atoms with van der Waals surface area (Å²) in [7, 11) is -3.87. The van der Waals surface area contributed by atoms with E-state index in [0.29, 0.717) is 28.3 Å². The van der Waals surface area contributed by atoms with Crippen molar-refractivity contribution in [3.05, 3.63) is 85.3 Å². The third-order valence-corrected chi connectivity index (χ3v) is 6.91. The zero-order valence-corrected chi connectivity index (χ0v) is 19.8. The molecular formula is C24H20N4O4S2. The predicted octanol–water partition coefficient (Wildman–Crippen LogP) is 4.91. The summed E-state index contributed by atoms with van der Waals surface area (Å²) in [5.41, 5.74) is 2.05. The Bertz CT molecular complexity index is 1460. The van der Waals surface area contributed by atoms with E-state index in [1.54, 1.807) is 54.9 Å². The summed E-state index contributed by atoms with van der Waals surface area (Å²) in [4.78, 5) is 23.8. The van der Waals surface area contributed by atoms with Crippen LogP contribution >= 0.6 is 11.8 Å². The molecule has 0 spiro atoms. The minimum Gasteiger partial charge on any atom is -0.437 e. The van der Waals surface area contributed by atoms with Gasteiger partial charge < -0.3 is 4.74 Å². The first-order valence-corrected chi connectivity index (χ1v) is 12.6. The minimum atomic E-state index is -3.87. The molecule has 0 saturated heterocycles. The third-order valence-electron chi connectivity index (χ3n) is 4.66. The zero-order valence-electron chi connectivity index (χ0n) is 18.1. The van der Waals surface area contributed by atoms with Crippen molar-refractivity contribution in [1.82, 2.24) is 15.0 Å². The maximum Gasteiger partial charge on any atom is 0.263 e. The highest BCUT2D eigenvalue weighted by Gasteiger charge is 2.16. The van der Waals surface area contributed by atoms with E-state index in [4.69, 9.17) is 4.74 Å². The molecule has 3 aromatic heterocycles. The van der Waals surface area contributed by atoms with Gasteiger partial charge in [0.15, 0.2) is 5.12 Å². The van der Waals surface area contributed by atoms with Crippen molar-refractivity contribution in [3.63, 3.8) is 0 Å². The lowest BCUT2D eigenvalue weighted by atomic mass is 10.1. The lowest BCUT2D eigenvalue weighted by molar-refractivity contribution is -0.109. The standard InChI is InChI=1S/C24H20N4O4S2/c1-16(15-33-17(2)29)19-5-9-23(26-13-19)28-34(30,31)21-7-8-22-18(12-21)6-10-24(27-22)32-20-4-3-11-25-14-20/h3-14H,1,15H2,2H3,(H,26,28). The Morgan fingerprint density at radius 3 is 2.68 bits per heavy atom. The van der Waals surface area contributed by atoms with E-state index in [-0.39, 0.29) is 15.8 Å². The molecular weight excluding hydrogens is 472 g/mol. The lowest BCUT2D eigenvalue weighted by Crippen LogP contribution is -2.14. The number of anilines is 1. The van der Waals surface area contributed by atoms with Gasteiger partial charge in [-0.2, -0.15) is 0 Å². The molecule has 0 aliphatic heterocycles. The van der Waals surface area contributed by atoms with E-state index in [9.17, 15) is 13.2 Å². The molecule has 0 unspecified atom stereocenters. The van der Waals surface area contributed by atoms with Crippen molar-refractivity contribution in [2.24, 2.45) is 0 Å². The van der Waals surface area contributed by atoms with Crippen molar-refractivity contribution in [2.75, 3.05) is 10.5 Å². The normalized spacial score (nSPS) is 11.2. The molecule has 0 bridgehead atoms. The van der Waals surface area contributed by atoms with E-state index in [1.807, 2.05) is 0 Å². The number of nitrogens with one attached hydrogen (secondary N) is 1. The molecule has 8 nitrogen and oxygen atoms in total. The van der Waals surface area contributed by atoms with Gasteiger partial charge in [0, 0.05) is 36.5 Å². The average Bonchev–Trinajstić information content (AvgIpc) is 2.83. The minimum absolute atomic E-state index is 0.00122. The number of hydrogen-bond acceptors (Lipinski definition) is 8. The van der Waals surface area contributed by atoms with Gasteiger partial charge >= 0.3 is 0 Å². The summed E-state index contributed by atoms with van der Waals surface area (Å²) in [5, 5.41) is 0.644. The maximum atomic E-state index is 12.9. The summed E-state index contributed by atoms with van der Waals surface area (Å²) < 4.78 is 33.9. The fourth-order valence-corrected chi connectivity index (χ4v) is 4.56. The SMILES string of the molecule is C=C(CSC(C)=O)c1ccc(NS(=O)(=O)c2ccc3nc(Oc4cccnc4)ccc3c2)nc1. The van der Waals surface area contributed by atoms with Gasteiger partial charge in [0.25, 0.3) is 10.0 Å². The second-order valence-corrected chi connectivity index (χ2v) is 10.1. The number of ether oxygens (including phenoxy) is 1. The Morgan fingerprint density at radius 1 is 1.12 bits per heavy atom.